The average Bonchev–Trinajstić information content (AvgIpc) is 3.20. The number of guanidine groups is 2. The molecule has 0 bridgehead atoms. The number of hydrogen-bond acceptors (Lipinski definition) is 10. The Morgan fingerprint density at radius 2 is 1.13 bits per heavy atom. The molecule has 0 radical (unpaired) electrons. The van der Waals surface area contributed by atoms with Gasteiger partial charge in [0.2, 0.25) is 11.9 Å². The van der Waals surface area contributed by atoms with Gasteiger partial charge in [-0.15, -0.1) is 9.98 Å². The van der Waals surface area contributed by atoms with Crippen molar-refractivity contribution in [3.05, 3.63) is 101 Å². The molecular formula is C49H64N8O10. The third kappa shape index (κ3) is 18.3. The van der Waals surface area contributed by atoms with Crippen LogP contribution in [0.3, 0.4) is 0 Å². The average molecular weight is 925 g/mol. The van der Waals surface area contributed by atoms with Crippen LogP contribution in [-0.4, -0.2) is 95.5 Å². The number of carbonyl (C=O) groups excluding carboxylic acids is 6. The number of nitrogens with zero attached hydrogens (tertiary/aromatic N) is 4. The molecule has 0 saturated carbocycles. The van der Waals surface area contributed by atoms with E-state index in [9.17, 15) is 28.8 Å². The Bertz CT molecular complexity index is 2360. The van der Waals surface area contributed by atoms with Crippen LogP contribution >= 0.6 is 0 Å². The zero-order valence-electron chi connectivity index (χ0n) is 40.7. The van der Waals surface area contributed by atoms with Gasteiger partial charge in [-0.3, -0.25) is 20.2 Å². The largest absolute Gasteiger partial charge is 0.444 e. The molecule has 18 heteroatoms. The lowest BCUT2D eigenvalue weighted by atomic mass is 9.99. The Morgan fingerprint density at radius 3 is 1.64 bits per heavy atom. The molecule has 0 spiro atoms. The van der Waals surface area contributed by atoms with Crippen molar-refractivity contribution < 1.29 is 47.7 Å². The van der Waals surface area contributed by atoms with Gasteiger partial charge in [-0.25, -0.2) is 19.2 Å². The Labute approximate surface area is 392 Å². The molecule has 1 heterocycles. The molecule has 0 saturated heterocycles. The molecule has 1 aliphatic rings. The van der Waals surface area contributed by atoms with E-state index in [2.05, 4.69) is 31.3 Å². The maximum absolute atomic E-state index is 13.5. The Kier molecular flexibility index (Phi) is 17.1. The second-order valence-electron chi connectivity index (χ2n) is 19.5. The van der Waals surface area contributed by atoms with Crippen LogP contribution in [0.15, 0.2) is 88.9 Å². The van der Waals surface area contributed by atoms with Crippen LogP contribution < -0.4 is 26.2 Å². The lowest BCUT2D eigenvalue weighted by molar-refractivity contribution is 0.0539. The first-order valence-corrected chi connectivity index (χ1v) is 21.7. The van der Waals surface area contributed by atoms with Gasteiger partial charge in [0.1, 0.15) is 22.4 Å². The molecule has 0 fully saturated rings. The lowest BCUT2D eigenvalue weighted by Crippen LogP contribution is -2.48. The minimum atomic E-state index is -0.899. The van der Waals surface area contributed by atoms with Crippen molar-refractivity contribution in [3.8, 4) is 0 Å². The number of ether oxygens (including phenoxy) is 4. The second kappa shape index (κ2) is 21.8. The van der Waals surface area contributed by atoms with E-state index in [0.29, 0.717) is 42.0 Å². The molecule has 0 atom stereocenters. The van der Waals surface area contributed by atoms with Crippen LogP contribution in [0.2, 0.25) is 0 Å². The Balaban J connectivity index is 1.34. The van der Waals surface area contributed by atoms with E-state index in [1.165, 1.54) is 4.90 Å². The highest BCUT2D eigenvalue weighted by Gasteiger charge is 2.26. The van der Waals surface area contributed by atoms with Gasteiger partial charge < -0.3 is 39.4 Å². The minimum absolute atomic E-state index is 0.0237. The summed E-state index contributed by atoms with van der Waals surface area (Å²) in [6.45, 7) is 21.6. The topological polar surface area (TPSA) is 219 Å². The Morgan fingerprint density at radius 1 is 0.627 bits per heavy atom. The number of nitrogens with one attached hydrogen (secondary N) is 4. The lowest BCUT2D eigenvalue weighted by Gasteiger charge is -2.30. The molecule has 0 aromatic heterocycles. The predicted molar refractivity (Wildman–Crippen MR) is 257 cm³/mol. The molecule has 18 nitrogen and oxygen atoms in total. The number of carbonyl (C=O) groups is 6. The minimum Gasteiger partial charge on any atom is -0.444 e. The highest BCUT2D eigenvalue weighted by Crippen LogP contribution is 2.25. The van der Waals surface area contributed by atoms with Crippen molar-refractivity contribution in [3.63, 3.8) is 0 Å². The smallest absolute Gasteiger partial charge is 0.437 e. The molecule has 6 amide bonds. The van der Waals surface area contributed by atoms with Crippen LogP contribution in [0.5, 0.6) is 0 Å². The number of alkyl carbamates (subject to hydrolysis) is 2. The monoisotopic (exact) mass is 924 g/mol. The van der Waals surface area contributed by atoms with Crippen LogP contribution in [0, 0.1) is 0 Å². The quantitative estimate of drug-likeness (QED) is 0.0991. The molecule has 3 aromatic carbocycles. The van der Waals surface area contributed by atoms with Crippen molar-refractivity contribution in [2.75, 3.05) is 30.4 Å². The molecule has 67 heavy (non-hydrogen) atoms. The molecule has 0 unspecified atom stereocenters. The van der Waals surface area contributed by atoms with E-state index in [1.807, 2.05) is 18.2 Å². The SMILES string of the molecule is CN(C(=O)c1ccc(C(=O)Nc2ccc(C3=CCN(/C(=N\C(=O)OC(C)(C)C)NC(=O)OC(C)(C)C)CC3)cc2)cc1)c1ccc(CN/C(=N/C(=O)OC(C)(C)C)NC(=O)OC(C)(C)C)cc1. The number of benzene rings is 3. The van der Waals surface area contributed by atoms with Gasteiger partial charge >= 0.3 is 24.4 Å². The van der Waals surface area contributed by atoms with Gasteiger partial charge in [0, 0.05) is 49.2 Å². The summed E-state index contributed by atoms with van der Waals surface area (Å²) in [7, 11) is 1.64. The number of anilines is 2. The summed E-state index contributed by atoms with van der Waals surface area (Å²) in [6, 6.07) is 20.8. The molecule has 0 aliphatic carbocycles. The first-order chi connectivity index (χ1) is 31.0. The van der Waals surface area contributed by atoms with E-state index in [-0.39, 0.29) is 30.3 Å². The van der Waals surface area contributed by atoms with E-state index in [1.54, 1.807) is 156 Å². The van der Waals surface area contributed by atoms with Gasteiger partial charge in [-0.1, -0.05) is 30.3 Å². The fraction of sp³-hybridized carbons (Fsp3) is 0.429. The molecule has 4 rings (SSSR count). The van der Waals surface area contributed by atoms with Gasteiger partial charge in [0.25, 0.3) is 11.8 Å². The summed E-state index contributed by atoms with van der Waals surface area (Å²) in [5, 5.41) is 10.9. The predicted octanol–water partition coefficient (Wildman–Crippen LogP) is 9.03. The molecule has 3 aromatic rings. The molecule has 4 N–H and O–H groups in total. The number of hydrogen-bond donors (Lipinski definition) is 4. The summed E-state index contributed by atoms with van der Waals surface area (Å²) in [4.78, 5) is 87.9. The molecule has 360 valence electrons. The van der Waals surface area contributed by atoms with Crippen molar-refractivity contribution in [1.82, 2.24) is 20.9 Å². The maximum atomic E-state index is 13.5. The number of aliphatic imine (C=N–C) groups is 2. The van der Waals surface area contributed by atoms with E-state index in [4.69, 9.17) is 18.9 Å². The summed E-state index contributed by atoms with van der Waals surface area (Å²) < 4.78 is 21.3. The van der Waals surface area contributed by atoms with Crippen LogP contribution in [0.1, 0.15) is 121 Å². The van der Waals surface area contributed by atoms with E-state index in [0.717, 1.165) is 16.7 Å². The third-order valence-electron chi connectivity index (χ3n) is 8.92. The Hall–Kier alpha value is -7.24. The summed E-state index contributed by atoms with van der Waals surface area (Å²) >= 11 is 0. The van der Waals surface area contributed by atoms with Crippen molar-refractivity contribution in [2.45, 2.75) is 118 Å². The van der Waals surface area contributed by atoms with Crippen LogP contribution in [-0.2, 0) is 25.5 Å². The first kappa shape index (κ1) is 52.4. The van der Waals surface area contributed by atoms with Gasteiger partial charge in [0.05, 0.1) is 0 Å². The van der Waals surface area contributed by atoms with Crippen molar-refractivity contribution in [2.24, 2.45) is 9.98 Å². The standard InChI is InChI=1S/C49H64N8O10/c1-46(2,3)64-42(60)52-40(53-43(61)65-47(4,5)6)50-30-31-14-24-37(25-15-31)56(13)39(59)35-18-16-34(17-19-35)38(58)51-36-22-20-32(21-23-36)33-26-28-57(29-27-33)41(54-44(62)66-48(7,8)9)55-45(63)67-49(10,11)12/h14-26H,27-30H2,1-13H3,(H,51,58)(H,54,55,62,63)(H2,50,52,53,60,61). The maximum Gasteiger partial charge on any atom is 0.437 e. The summed E-state index contributed by atoms with van der Waals surface area (Å²) in [6.07, 6.45) is -0.741. The zero-order chi connectivity index (χ0) is 49.9. The fourth-order valence-electron chi connectivity index (χ4n) is 6.02. The van der Waals surface area contributed by atoms with Crippen LogP contribution in [0.25, 0.3) is 5.57 Å². The number of rotatable bonds is 7. The highest BCUT2D eigenvalue weighted by molar-refractivity contribution is 6.08. The summed E-state index contributed by atoms with van der Waals surface area (Å²) in [5.74, 6) is -0.787. The van der Waals surface area contributed by atoms with Crippen molar-refractivity contribution in [1.29, 1.82) is 0 Å². The van der Waals surface area contributed by atoms with Crippen molar-refractivity contribution >= 4 is 65.1 Å². The zero-order valence-corrected chi connectivity index (χ0v) is 40.7. The van der Waals surface area contributed by atoms with Gasteiger partial charge in [0.15, 0.2) is 0 Å². The normalized spacial score (nSPS) is 13.6. The van der Waals surface area contributed by atoms with Crippen LogP contribution in [0.4, 0.5) is 30.6 Å². The van der Waals surface area contributed by atoms with Gasteiger partial charge in [-0.05, 0) is 155 Å². The van der Waals surface area contributed by atoms with Gasteiger partial charge in [-0.2, -0.15) is 0 Å². The third-order valence-corrected chi connectivity index (χ3v) is 8.92. The molecule has 1 aliphatic heterocycles. The fourth-order valence-corrected chi connectivity index (χ4v) is 6.02. The highest BCUT2D eigenvalue weighted by atomic mass is 16.6. The second-order valence-corrected chi connectivity index (χ2v) is 19.5. The molecular weight excluding hydrogens is 861 g/mol. The van der Waals surface area contributed by atoms with E-state index < -0.39 is 46.8 Å². The first-order valence-electron chi connectivity index (χ1n) is 21.7. The van der Waals surface area contributed by atoms with E-state index >= 15 is 0 Å². The number of amides is 6. The summed E-state index contributed by atoms with van der Waals surface area (Å²) in [5.41, 5.74) is 1.52.